The molecule has 0 bridgehead atoms. The van der Waals surface area contributed by atoms with Gasteiger partial charge in [0.05, 0.1) is 39.5 Å². The second kappa shape index (κ2) is 8.36. The Labute approximate surface area is 198 Å². The largest absolute Gasteiger partial charge is 0.506 e. The monoisotopic (exact) mass is 492 g/mol. The summed E-state index contributed by atoms with van der Waals surface area (Å²) in [5.74, 6) is -0.939. The van der Waals surface area contributed by atoms with E-state index in [9.17, 15) is 23.1 Å². The summed E-state index contributed by atoms with van der Waals surface area (Å²) in [5, 5.41) is 15.4. The molecule has 2 aromatic carbocycles. The lowest BCUT2D eigenvalue weighted by atomic mass is 10.1. The van der Waals surface area contributed by atoms with Crippen molar-refractivity contribution in [3.63, 3.8) is 0 Å². The van der Waals surface area contributed by atoms with Crippen LogP contribution in [0.4, 0.5) is 5.69 Å². The SMILES string of the molecule is O=C(NCc1cnc(-c2ccc(O)cn2)s1)c1ccc2c(c1)NC(=O)c1ccccc1S2(=O)=O. The van der Waals surface area contributed by atoms with Crippen LogP contribution in [0.5, 0.6) is 5.75 Å². The topological polar surface area (TPSA) is 138 Å². The van der Waals surface area contributed by atoms with Gasteiger partial charge >= 0.3 is 0 Å². The van der Waals surface area contributed by atoms with Crippen molar-refractivity contribution in [3.05, 3.63) is 83.0 Å². The third kappa shape index (κ3) is 3.91. The number of carbonyl (C=O) groups excluding carboxylic acids is 2. The zero-order chi connectivity index (χ0) is 23.9. The number of fused-ring (bicyclic) bond motifs is 2. The lowest BCUT2D eigenvalue weighted by molar-refractivity contribution is 0.0949. The van der Waals surface area contributed by atoms with Gasteiger partial charge in [0.1, 0.15) is 10.8 Å². The van der Waals surface area contributed by atoms with Gasteiger partial charge < -0.3 is 15.7 Å². The maximum Gasteiger partial charge on any atom is 0.257 e. The first-order valence-electron chi connectivity index (χ1n) is 10.0. The van der Waals surface area contributed by atoms with Gasteiger partial charge in [0.2, 0.25) is 9.84 Å². The fraction of sp³-hybridized carbons (Fsp3) is 0.0435. The van der Waals surface area contributed by atoms with Gasteiger partial charge in [-0.1, -0.05) is 12.1 Å². The Morgan fingerprint density at radius 1 is 1.03 bits per heavy atom. The molecule has 0 radical (unpaired) electrons. The molecule has 0 spiro atoms. The van der Waals surface area contributed by atoms with Gasteiger partial charge in [-0.05, 0) is 42.5 Å². The third-order valence-electron chi connectivity index (χ3n) is 5.14. The zero-order valence-corrected chi connectivity index (χ0v) is 19.0. The maximum atomic E-state index is 13.1. The normalized spacial score (nSPS) is 13.8. The number of hydrogen-bond donors (Lipinski definition) is 3. The smallest absolute Gasteiger partial charge is 0.257 e. The van der Waals surface area contributed by atoms with Crippen LogP contribution in [-0.4, -0.2) is 35.3 Å². The van der Waals surface area contributed by atoms with Crippen LogP contribution in [-0.2, 0) is 16.4 Å². The minimum atomic E-state index is -3.94. The highest BCUT2D eigenvalue weighted by Gasteiger charge is 2.31. The van der Waals surface area contributed by atoms with Crippen molar-refractivity contribution in [2.45, 2.75) is 16.3 Å². The van der Waals surface area contributed by atoms with Crippen LogP contribution in [0.2, 0.25) is 0 Å². The van der Waals surface area contributed by atoms with Gasteiger partial charge in [0.15, 0.2) is 0 Å². The number of rotatable bonds is 4. The Kier molecular flexibility index (Phi) is 5.34. The van der Waals surface area contributed by atoms with E-state index in [0.717, 1.165) is 4.88 Å². The first kappa shape index (κ1) is 21.7. The summed E-state index contributed by atoms with van der Waals surface area (Å²) in [7, 11) is -3.94. The highest BCUT2D eigenvalue weighted by Crippen LogP contribution is 2.34. The number of aromatic nitrogens is 2. The van der Waals surface area contributed by atoms with Crippen molar-refractivity contribution >= 4 is 38.7 Å². The highest BCUT2D eigenvalue weighted by molar-refractivity contribution is 7.91. The number of nitrogens with one attached hydrogen (secondary N) is 2. The standard InChI is InChI=1S/C23H16N4O5S2/c28-14-6-7-17(24-10-14)23-26-12-15(33-23)11-25-21(29)13-5-8-20-18(9-13)27-22(30)16-3-1-2-4-19(16)34(20,31)32/h1-10,12,28H,11H2,(H,25,29)(H,27,30). The van der Waals surface area contributed by atoms with E-state index in [4.69, 9.17) is 0 Å². The van der Waals surface area contributed by atoms with Crippen molar-refractivity contribution in [2.75, 3.05) is 5.32 Å². The van der Waals surface area contributed by atoms with E-state index < -0.39 is 21.7 Å². The van der Waals surface area contributed by atoms with Gasteiger partial charge in [-0.3, -0.25) is 9.59 Å². The molecule has 1 aliphatic rings. The summed E-state index contributed by atoms with van der Waals surface area (Å²) in [5.41, 5.74) is 0.898. The van der Waals surface area contributed by atoms with E-state index in [-0.39, 0.29) is 38.9 Å². The number of sulfone groups is 1. The van der Waals surface area contributed by atoms with Crippen LogP contribution in [0.1, 0.15) is 25.6 Å². The fourth-order valence-electron chi connectivity index (χ4n) is 3.49. The number of carbonyl (C=O) groups is 2. The first-order valence-corrected chi connectivity index (χ1v) is 12.3. The summed E-state index contributed by atoms with van der Waals surface area (Å²) in [4.78, 5) is 34.3. The van der Waals surface area contributed by atoms with E-state index >= 15 is 0 Å². The van der Waals surface area contributed by atoms with Crippen LogP contribution in [0.3, 0.4) is 0 Å². The number of thiazole rings is 1. The zero-order valence-electron chi connectivity index (χ0n) is 17.3. The molecule has 5 rings (SSSR count). The van der Waals surface area contributed by atoms with Crippen molar-refractivity contribution in [2.24, 2.45) is 0 Å². The average molecular weight is 493 g/mol. The van der Waals surface area contributed by atoms with Crippen molar-refractivity contribution < 1.29 is 23.1 Å². The molecule has 3 N–H and O–H groups in total. The summed E-state index contributed by atoms with van der Waals surface area (Å²) in [6.07, 6.45) is 2.95. The number of nitrogens with zero attached hydrogens (tertiary/aromatic N) is 2. The molecule has 3 heterocycles. The molecule has 1 aliphatic heterocycles. The molecule has 2 aromatic heterocycles. The Morgan fingerprint density at radius 2 is 1.85 bits per heavy atom. The van der Waals surface area contributed by atoms with E-state index in [1.54, 1.807) is 24.4 Å². The molecular weight excluding hydrogens is 476 g/mol. The minimum Gasteiger partial charge on any atom is -0.506 e. The van der Waals surface area contributed by atoms with E-state index in [0.29, 0.717) is 10.7 Å². The lowest BCUT2D eigenvalue weighted by Crippen LogP contribution is -2.22. The quantitative estimate of drug-likeness (QED) is 0.397. The second-order valence-corrected chi connectivity index (χ2v) is 10.4. The molecule has 4 aromatic rings. The number of pyridine rings is 1. The predicted molar refractivity (Wildman–Crippen MR) is 124 cm³/mol. The molecular formula is C23H16N4O5S2. The van der Waals surface area contributed by atoms with E-state index in [2.05, 4.69) is 20.6 Å². The van der Waals surface area contributed by atoms with Gasteiger partial charge in [-0.15, -0.1) is 11.3 Å². The molecule has 170 valence electrons. The van der Waals surface area contributed by atoms with Crippen LogP contribution in [0.15, 0.2) is 76.8 Å². The number of benzene rings is 2. The van der Waals surface area contributed by atoms with Crippen LogP contribution in [0.25, 0.3) is 10.7 Å². The van der Waals surface area contributed by atoms with Crippen LogP contribution < -0.4 is 10.6 Å². The molecule has 0 unspecified atom stereocenters. The van der Waals surface area contributed by atoms with Gasteiger partial charge in [-0.2, -0.15) is 0 Å². The summed E-state index contributed by atoms with van der Waals surface area (Å²) < 4.78 is 26.1. The van der Waals surface area contributed by atoms with Gasteiger partial charge in [0, 0.05) is 16.6 Å². The second-order valence-electron chi connectivity index (χ2n) is 7.38. The van der Waals surface area contributed by atoms with Crippen molar-refractivity contribution in [1.82, 2.24) is 15.3 Å². The van der Waals surface area contributed by atoms with E-state index in [1.165, 1.54) is 53.9 Å². The molecule has 9 nitrogen and oxygen atoms in total. The Morgan fingerprint density at radius 3 is 2.65 bits per heavy atom. The minimum absolute atomic E-state index is 0.0485. The number of anilines is 1. The molecule has 34 heavy (non-hydrogen) atoms. The number of amides is 2. The maximum absolute atomic E-state index is 13.1. The summed E-state index contributed by atoms with van der Waals surface area (Å²) in [6, 6.07) is 13.2. The molecule has 0 aliphatic carbocycles. The van der Waals surface area contributed by atoms with Crippen molar-refractivity contribution in [3.8, 4) is 16.5 Å². The Bertz CT molecular complexity index is 1550. The number of hydrogen-bond acceptors (Lipinski definition) is 8. The highest BCUT2D eigenvalue weighted by atomic mass is 32.2. The average Bonchev–Trinajstić information content (AvgIpc) is 3.29. The molecule has 0 saturated carbocycles. The summed E-state index contributed by atoms with van der Waals surface area (Å²) in [6.45, 7) is 0.196. The molecule has 0 saturated heterocycles. The molecule has 0 fully saturated rings. The van der Waals surface area contributed by atoms with Crippen LogP contribution in [0, 0.1) is 0 Å². The molecule has 0 atom stereocenters. The molecule has 11 heteroatoms. The summed E-state index contributed by atoms with van der Waals surface area (Å²) >= 11 is 1.34. The van der Waals surface area contributed by atoms with E-state index in [1.807, 2.05) is 0 Å². The number of aromatic hydroxyl groups is 1. The fourth-order valence-corrected chi connectivity index (χ4v) is 5.91. The predicted octanol–water partition coefficient (Wildman–Crippen LogP) is 3.24. The molecule has 2 amide bonds. The third-order valence-corrected chi connectivity index (χ3v) is 8.03. The Balaban J connectivity index is 1.35. The van der Waals surface area contributed by atoms with Crippen molar-refractivity contribution in [1.29, 1.82) is 0 Å². The first-order chi connectivity index (χ1) is 16.3. The van der Waals surface area contributed by atoms with Gasteiger partial charge in [-0.25, -0.2) is 18.4 Å². The lowest BCUT2D eigenvalue weighted by Gasteiger charge is -2.10. The van der Waals surface area contributed by atoms with Gasteiger partial charge in [0.25, 0.3) is 11.8 Å². The van der Waals surface area contributed by atoms with Crippen LogP contribution >= 0.6 is 11.3 Å². The Hall–Kier alpha value is -4.09.